The summed E-state index contributed by atoms with van der Waals surface area (Å²) in [7, 11) is 1.93. The van der Waals surface area contributed by atoms with E-state index in [1.807, 2.05) is 17.8 Å². The van der Waals surface area contributed by atoms with E-state index in [1.165, 1.54) is 6.07 Å². The number of likely N-dealkylation sites (tertiary alicyclic amines) is 1. The van der Waals surface area contributed by atoms with Gasteiger partial charge in [0.1, 0.15) is 5.82 Å². The van der Waals surface area contributed by atoms with Crippen molar-refractivity contribution in [3.05, 3.63) is 47.8 Å². The smallest absolute Gasteiger partial charge is 0.318 e. The first-order chi connectivity index (χ1) is 12.4. The van der Waals surface area contributed by atoms with Crippen molar-refractivity contribution in [2.24, 2.45) is 12.5 Å². The van der Waals surface area contributed by atoms with Crippen LogP contribution in [0.1, 0.15) is 43.7 Å². The summed E-state index contributed by atoms with van der Waals surface area (Å²) in [5.41, 5.74) is 0.647. The molecule has 6 nitrogen and oxygen atoms in total. The van der Waals surface area contributed by atoms with Gasteiger partial charge in [-0.15, -0.1) is 0 Å². The maximum atomic E-state index is 14.0. The molecule has 7 heteroatoms. The highest BCUT2D eigenvalue weighted by atomic mass is 19.1. The van der Waals surface area contributed by atoms with Crippen molar-refractivity contribution >= 4 is 6.03 Å². The predicted molar refractivity (Wildman–Crippen MR) is 94.2 cm³/mol. The Balaban J connectivity index is 1.55. The first-order valence-electron chi connectivity index (χ1n) is 8.84. The van der Waals surface area contributed by atoms with Gasteiger partial charge in [0.05, 0.1) is 18.7 Å². The molecule has 0 spiro atoms. The van der Waals surface area contributed by atoms with Crippen LogP contribution in [0.15, 0.2) is 30.6 Å². The number of carbonyl (C=O) groups excluding carboxylic acids is 1. The standard InChI is InChI=1S/C19H23FN4O2/c1-19(2)11-24(16(19)17-21-8-9-23(17)3)18(25)22-14-7-10-26-15-12(14)5-4-6-13(15)20/h4-6,8-9,14,16H,7,10-11H2,1-3H3,(H,22,25)/t14-,16?/m0/s1. The van der Waals surface area contributed by atoms with Crippen LogP contribution in [0.25, 0.3) is 0 Å². The van der Waals surface area contributed by atoms with Crippen molar-refractivity contribution < 1.29 is 13.9 Å². The van der Waals surface area contributed by atoms with Crippen LogP contribution >= 0.6 is 0 Å². The lowest BCUT2D eigenvalue weighted by Gasteiger charge is -2.53. The zero-order valence-corrected chi connectivity index (χ0v) is 15.2. The predicted octanol–water partition coefficient (Wildman–Crippen LogP) is 3.18. The van der Waals surface area contributed by atoms with Crippen LogP contribution in [-0.4, -0.2) is 33.6 Å². The molecule has 1 unspecified atom stereocenters. The summed E-state index contributed by atoms with van der Waals surface area (Å²) < 4.78 is 21.3. The molecule has 3 heterocycles. The minimum Gasteiger partial charge on any atom is -0.490 e. The van der Waals surface area contributed by atoms with Gasteiger partial charge < -0.3 is 19.5 Å². The van der Waals surface area contributed by atoms with Gasteiger partial charge in [-0.2, -0.15) is 0 Å². The molecule has 0 aliphatic carbocycles. The molecule has 2 amide bonds. The zero-order valence-electron chi connectivity index (χ0n) is 15.2. The van der Waals surface area contributed by atoms with Crippen molar-refractivity contribution in [2.45, 2.75) is 32.4 Å². The summed E-state index contributed by atoms with van der Waals surface area (Å²) in [6.45, 7) is 5.30. The molecule has 1 saturated heterocycles. The molecule has 0 bridgehead atoms. The lowest BCUT2D eigenvalue weighted by Crippen LogP contribution is -2.61. The number of halogens is 1. The van der Waals surface area contributed by atoms with E-state index in [0.717, 1.165) is 5.82 Å². The number of aromatic nitrogens is 2. The van der Waals surface area contributed by atoms with E-state index in [9.17, 15) is 9.18 Å². The van der Waals surface area contributed by atoms with Gasteiger partial charge in [0.15, 0.2) is 11.6 Å². The topological polar surface area (TPSA) is 59.4 Å². The molecule has 138 valence electrons. The Hall–Kier alpha value is -2.57. The number of para-hydroxylation sites is 1. The van der Waals surface area contributed by atoms with Crippen LogP contribution in [0.4, 0.5) is 9.18 Å². The molecule has 1 N–H and O–H groups in total. The number of fused-ring (bicyclic) bond motifs is 1. The fourth-order valence-electron chi connectivity index (χ4n) is 4.01. The number of ether oxygens (including phenoxy) is 1. The number of nitrogens with one attached hydrogen (secondary N) is 1. The maximum Gasteiger partial charge on any atom is 0.318 e. The number of amides is 2. The third-order valence-corrected chi connectivity index (χ3v) is 5.32. The Labute approximate surface area is 152 Å². The highest BCUT2D eigenvalue weighted by molar-refractivity contribution is 5.76. The van der Waals surface area contributed by atoms with Gasteiger partial charge in [-0.3, -0.25) is 0 Å². The molecule has 2 aliphatic rings. The molecule has 1 aromatic heterocycles. The molecule has 2 atom stereocenters. The molecule has 1 aromatic carbocycles. The normalized spacial score (nSPS) is 23.6. The number of nitrogens with zero attached hydrogens (tertiary/aromatic N) is 3. The van der Waals surface area contributed by atoms with Crippen LogP contribution in [-0.2, 0) is 7.05 Å². The van der Waals surface area contributed by atoms with Crippen LogP contribution in [0.2, 0.25) is 0 Å². The fourth-order valence-corrected chi connectivity index (χ4v) is 4.01. The Bertz CT molecular complexity index is 848. The lowest BCUT2D eigenvalue weighted by atomic mass is 9.74. The number of urea groups is 1. The van der Waals surface area contributed by atoms with Crippen LogP contribution < -0.4 is 10.1 Å². The average Bonchev–Trinajstić information content (AvgIpc) is 2.99. The Kier molecular flexibility index (Phi) is 3.89. The van der Waals surface area contributed by atoms with Gasteiger partial charge in [-0.25, -0.2) is 14.2 Å². The van der Waals surface area contributed by atoms with Crippen molar-refractivity contribution in [1.29, 1.82) is 0 Å². The summed E-state index contributed by atoms with van der Waals surface area (Å²) in [5.74, 6) is 0.723. The monoisotopic (exact) mass is 358 g/mol. The van der Waals surface area contributed by atoms with Crippen molar-refractivity contribution in [1.82, 2.24) is 19.8 Å². The van der Waals surface area contributed by atoms with Gasteiger partial charge in [0.25, 0.3) is 0 Å². The van der Waals surface area contributed by atoms with Gasteiger partial charge in [-0.05, 0) is 6.07 Å². The van der Waals surface area contributed by atoms with Crippen molar-refractivity contribution in [3.8, 4) is 5.75 Å². The Morgan fingerprint density at radius 2 is 2.23 bits per heavy atom. The van der Waals surface area contributed by atoms with E-state index in [1.54, 1.807) is 23.2 Å². The quantitative estimate of drug-likeness (QED) is 0.897. The highest BCUT2D eigenvalue weighted by Crippen LogP contribution is 2.47. The number of benzene rings is 1. The van der Waals surface area contributed by atoms with E-state index in [2.05, 4.69) is 24.1 Å². The van der Waals surface area contributed by atoms with E-state index >= 15 is 0 Å². The number of aryl methyl sites for hydroxylation is 1. The summed E-state index contributed by atoms with van der Waals surface area (Å²) in [6.07, 6.45) is 4.25. The second-order valence-electron chi connectivity index (χ2n) is 7.71. The molecule has 1 fully saturated rings. The van der Waals surface area contributed by atoms with Crippen molar-refractivity contribution in [2.75, 3.05) is 13.2 Å². The van der Waals surface area contributed by atoms with Gasteiger partial charge in [0, 0.05) is 43.4 Å². The highest BCUT2D eigenvalue weighted by Gasteiger charge is 2.51. The minimum absolute atomic E-state index is 0.0455. The Morgan fingerprint density at radius 3 is 2.92 bits per heavy atom. The Morgan fingerprint density at radius 1 is 1.42 bits per heavy atom. The molecule has 0 saturated carbocycles. The first kappa shape index (κ1) is 16.9. The van der Waals surface area contributed by atoms with E-state index in [4.69, 9.17) is 4.74 Å². The molecule has 2 aromatic rings. The molecule has 4 rings (SSSR count). The number of hydrogen-bond acceptors (Lipinski definition) is 3. The summed E-state index contributed by atoms with van der Waals surface area (Å²) in [6, 6.07) is 4.32. The average molecular weight is 358 g/mol. The van der Waals surface area contributed by atoms with E-state index < -0.39 is 5.82 Å². The maximum absolute atomic E-state index is 14.0. The van der Waals surface area contributed by atoms with Crippen LogP contribution in [0.3, 0.4) is 0 Å². The molecule has 2 aliphatic heterocycles. The third kappa shape index (κ3) is 2.62. The van der Waals surface area contributed by atoms with E-state index in [0.29, 0.717) is 25.1 Å². The number of hydrogen-bond donors (Lipinski definition) is 1. The zero-order chi connectivity index (χ0) is 18.5. The number of imidazole rings is 1. The molecular formula is C19H23FN4O2. The van der Waals surface area contributed by atoms with Crippen molar-refractivity contribution in [3.63, 3.8) is 0 Å². The molecule has 26 heavy (non-hydrogen) atoms. The van der Waals surface area contributed by atoms with Gasteiger partial charge in [0.2, 0.25) is 0 Å². The first-order valence-corrected chi connectivity index (χ1v) is 8.84. The lowest BCUT2D eigenvalue weighted by molar-refractivity contribution is -0.0242. The summed E-state index contributed by atoms with van der Waals surface area (Å²) in [4.78, 5) is 19.2. The molecule has 0 radical (unpaired) electrons. The SMILES string of the molecule is Cn1ccnc1C1N(C(=O)N[C@H]2CCOc3c(F)cccc32)CC1(C)C. The summed E-state index contributed by atoms with van der Waals surface area (Å²) >= 11 is 0. The fraction of sp³-hybridized carbons (Fsp3) is 0.474. The second-order valence-corrected chi connectivity index (χ2v) is 7.71. The van der Waals surface area contributed by atoms with Gasteiger partial charge >= 0.3 is 6.03 Å². The van der Waals surface area contributed by atoms with E-state index in [-0.39, 0.29) is 29.3 Å². The van der Waals surface area contributed by atoms with Crippen LogP contribution in [0, 0.1) is 11.2 Å². The molecular weight excluding hydrogens is 335 g/mol. The van der Waals surface area contributed by atoms with Gasteiger partial charge in [-0.1, -0.05) is 26.0 Å². The van der Waals surface area contributed by atoms with Crippen LogP contribution in [0.5, 0.6) is 5.75 Å². The minimum atomic E-state index is -0.391. The largest absolute Gasteiger partial charge is 0.490 e. The third-order valence-electron chi connectivity index (χ3n) is 5.32. The second kappa shape index (κ2) is 6.00. The number of carbonyl (C=O) groups is 1. The summed E-state index contributed by atoms with van der Waals surface area (Å²) in [5, 5.41) is 3.06. The number of rotatable bonds is 2.